The number of amides is 1. The Morgan fingerprint density at radius 1 is 1.40 bits per heavy atom. The molecule has 0 aliphatic carbocycles. The van der Waals surface area contributed by atoms with Gasteiger partial charge in [-0.15, -0.1) is 0 Å². The van der Waals surface area contributed by atoms with E-state index in [0.717, 1.165) is 0 Å². The van der Waals surface area contributed by atoms with E-state index in [-0.39, 0.29) is 5.91 Å². The van der Waals surface area contributed by atoms with Crippen molar-refractivity contribution in [2.45, 2.75) is 12.5 Å². The molecule has 76 valence electrons. The van der Waals surface area contributed by atoms with Crippen LogP contribution in [0, 0.1) is 11.3 Å². The SMILES string of the molecule is N#Cc1ccc(OC2CCNC2=O)cc1. The Morgan fingerprint density at radius 2 is 2.13 bits per heavy atom. The molecule has 1 saturated heterocycles. The Morgan fingerprint density at radius 3 is 2.67 bits per heavy atom. The summed E-state index contributed by atoms with van der Waals surface area (Å²) in [6.45, 7) is 0.666. The predicted octanol–water partition coefficient (Wildman–Crippen LogP) is 0.826. The van der Waals surface area contributed by atoms with Crippen molar-refractivity contribution >= 4 is 5.91 Å². The summed E-state index contributed by atoms with van der Waals surface area (Å²) >= 11 is 0. The van der Waals surface area contributed by atoms with Crippen molar-refractivity contribution in [3.8, 4) is 11.8 Å². The molecule has 1 N–H and O–H groups in total. The summed E-state index contributed by atoms with van der Waals surface area (Å²) in [5.41, 5.74) is 0.582. The predicted molar refractivity (Wildman–Crippen MR) is 53.2 cm³/mol. The standard InChI is InChI=1S/C11H10N2O2/c12-7-8-1-3-9(4-2-8)15-10-5-6-13-11(10)14/h1-4,10H,5-6H2,(H,13,14). The van der Waals surface area contributed by atoms with E-state index < -0.39 is 6.10 Å². The molecule has 0 saturated carbocycles. The molecule has 1 unspecified atom stereocenters. The highest BCUT2D eigenvalue weighted by Crippen LogP contribution is 2.16. The van der Waals surface area contributed by atoms with E-state index in [2.05, 4.69) is 5.32 Å². The van der Waals surface area contributed by atoms with Crippen LogP contribution < -0.4 is 10.1 Å². The first-order valence-corrected chi connectivity index (χ1v) is 4.74. The molecule has 15 heavy (non-hydrogen) atoms. The summed E-state index contributed by atoms with van der Waals surface area (Å²) < 4.78 is 5.47. The van der Waals surface area contributed by atoms with Crippen molar-refractivity contribution in [1.29, 1.82) is 5.26 Å². The van der Waals surface area contributed by atoms with Gasteiger partial charge >= 0.3 is 0 Å². The van der Waals surface area contributed by atoms with Crippen molar-refractivity contribution in [2.24, 2.45) is 0 Å². The lowest BCUT2D eigenvalue weighted by atomic mass is 10.2. The lowest BCUT2D eigenvalue weighted by Crippen LogP contribution is -2.27. The third-order valence-electron chi connectivity index (χ3n) is 2.26. The Labute approximate surface area is 87.5 Å². The summed E-state index contributed by atoms with van der Waals surface area (Å²) in [7, 11) is 0. The molecule has 1 atom stereocenters. The van der Waals surface area contributed by atoms with Gasteiger partial charge in [0, 0.05) is 13.0 Å². The van der Waals surface area contributed by atoms with Crippen LogP contribution in [0.5, 0.6) is 5.75 Å². The lowest BCUT2D eigenvalue weighted by molar-refractivity contribution is -0.124. The molecule has 2 rings (SSSR count). The van der Waals surface area contributed by atoms with Crippen LogP contribution in [0.3, 0.4) is 0 Å². The maximum atomic E-state index is 11.2. The second-order valence-corrected chi connectivity index (χ2v) is 3.32. The van der Waals surface area contributed by atoms with Gasteiger partial charge < -0.3 is 10.1 Å². The van der Waals surface area contributed by atoms with Crippen molar-refractivity contribution in [1.82, 2.24) is 5.32 Å². The smallest absolute Gasteiger partial charge is 0.261 e. The average Bonchev–Trinajstić information content (AvgIpc) is 2.66. The molecule has 1 aromatic rings. The molecule has 1 aromatic carbocycles. The molecule has 1 aliphatic rings. The number of benzene rings is 1. The van der Waals surface area contributed by atoms with Crippen LogP contribution >= 0.6 is 0 Å². The highest BCUT2D eigenvalue weighted by atomic mass is 16.5. The van der Waals surface area contributed by atoms with Gasteiger partial charge in [0.05, 0.1) is 11.6 Å². The summed E-state index contributed by atoms with van der Waals surface area (Å²) in [5, 5.41) is 11.3. The molecule has 1 aliphatic heterocycles. The van der Waals surface area contributed by atoms with Gasteiger partial charge in [0.1, 0.15) is 5.75 Å². The van der Waals surface area contributed by atoms with Gasteiger partial charge in [0.25, 0.3) is 5.91 Å². The number of carbonyl (C=O) groups is 1. The zero-order valence-electron chi connectivity index (χ0n) is 8.06. The van der Waals surface area contributed by atoms with Gasteiger partial charge in [-0.3, -0.25) is 4.79 Å². The van der Waals surface area contributed by atoms with Gasteiger partial charge in [-0.1, -0.05) is 0 Å². The van der Waals surface area contributed by atoms with Gasteiger partial charge in [-0.2, -0.15) is 5.26 Å². The second kappa shape index (κ2) is 4.01. The van der Waals surface area contributed by atoms with Gasteiger partial charge in [0.15, 0.2) is 6.10 Å². The highest BCUT2D eigenvalue weighted by Gasteiger charge is 2.25. The third kappa shape index (κ3) is 2.08. The maximum Gasteiger partial charge on any atom is 0.261 e. The van der Waals surface area contributed by atoms with E-state index in [1.54, 1.807) is 24.3 Å². The number of ether oxygens (including phenoxy) is 1. The van der Waals surface area contributed by atoms with Crippen molar-refractivity contribution in [2.75, 3.05) is 6.54 Å². The van der Waals surface area contributed by atoms with Crippen LogP contribution in [0.2, 0.25) is 0 Å². The molecular formula is C11H10N2O2. The van der Waals surface area contributed by atoms with Crippen molar-refractivity contribution < 1.29 is 9.53 Å². The number of carbonyl (C=O) groups excluding carboxylic acids is 1. The van der Waals surface area contributed by atoms with E-state index in [1.807, 2.05) is 6.07 Å². The number of hydrogen-bond donors (Lipinski definition) is 1. The summed E-state index contributed by atoms with van der Waals surface area (Å²) in [6, 6.07) is 8.76. The molecule has 0 bridgehead atoms. The molecular weight excluding hydrogens is 192 g/mol. The topological polar surface area (TPSA) is 62.1 Å². The van der Waals surface area contributed by atoms with Crippen LogP contribution in [0.15, 0.2) is 24.3 Å². The average molecular weight is 202 g/mol. The fourth-order valence-corrected chi connectivity index (χ4v) is 1.46. The third-order valence-corrected chi connectivity index (χ3v) is 2.26. The summed E-state index contributed by atoms with van der Waals surface area (Å²) in [5.74, 6) is 0.551. The van der Waals surface area contributed by atoms with Crippen LogP contribution in [-0.2, 0) is 4.79 Å². The van der Waals surface area contributed by atoms with Gasteiger partial charge in [-0.25, -0.2) is 0 Å². The minimum absolute atomic E-state index is 0.0700. The first kappa shape index (κ1) is 9.53. The molecule has 1 heterocycles. The Kier molecular flexibility index (Phi) is 2.55. The Balaban J connectivity index is 2.05. The normalized spacial score (nSPS) is 19.4. The zero-order valence-corrected chi connectivity index (χ0v) is 8.06. The van der Waals surface area contributed by atoms with Gasteiger partial charge in [0.2, 0.25) is 0 Å². The molecule has 1 fully saturated rings. The maximum absolute atomic E-state index is 11.2. The zero-order chi connectivity index (χ0) is 10.7. The van der Waals surface area contributed by atoms with Crippen molar-refractivity contribution in [3.63, 3.8) is 0 Å². The van der Waals surface area contributed by atoms with Crippen LogP contribution in [0.25, 0.3) is 0 Å². The highest BCUT2D eigenvalue weighted by molar-refractivity contribution is 5.83. The fraction of sp³-hybridized carbons (Fsp3) is 0.273. The molecule has 0 radical (unpaired) electrons. The Hall–Kier alpha value is -2.02. The number of rotatable bonds is 2. The molecule has 1 amide bonds. The number of nitrogens with zero attached hydrogens (tertiary/aromatic N) is 1. The van der Waals surface area contributed by atoms with Crippen LogP contribution in [0.4, 0.5) is 0 Å². The minimum Gasteiger partial charge on any atom is -0.481 e. The second-order valence-electron chi connectivity index (χ2n) is 3.32. The largest absolute Gasteiger partial charge is 0.481 e. The number of nitriles is 1. The van der Waals surface area contributed by atoms with E-state index in [0.29, 0.717) is 24.3 Å². The molecule has 4 nitrogen and oxygen atoms in total. The quantitative estimate of drug-likeness (QED) is 0.772. The first-order valence-electron chi connectivity index (χ1n) is 4.74. The van der Waals surface area contributed by atoms with E-state index >= 15 is 0 Å². The van der Waals surface area contributed by atoms with Crippen LogP contribution in [0.1, 0.15) is 12.0 Å². The molecule has 4 heteroatoms. The van der Waals surface area contributed by atoms with E-state index in [4.69, 9.17) is 10.00 Å². The minimum atomic E-state index is -0.391. The van der Waals surface area contributed by atoms with E-state index in [9.17, 15) is 4.79 Å². The molecule has 0 aromatic heterocycles. The molecule has 0 spiro atoms. The lowest BCUT2D eigenvalue weighted by Gasteiger charge is -2.10. The fourth-order valence-electron chi connectivity index (χ4n) is 1.46. The summed E-state index contributed by atoms with van der Waals surface area (Å²) in [6.07, 6.45) is 0.302. The summed E-state index contributed by atoms with van der Waals surface area (Å²) in [4.78, 5) is 11.2. The van der Waals surface area contributed by atoms with Gasteiger partial charge in [-0.05, 0) is 24.3 Å². The van der Waals surface area contributed by atoms with Crippen molar-refractivity contribution in [3.05, 3.63) is 29.8 Å². The monoisotopic (exact) mass is 202 g/mol. The first-order chi connectivity index (χ1) is 7.29. The van der Waals surface area contributed by atoms with E-state index in [1.165, 1.54) is 0 Å². The van der Waals surface area contributed by atoms with Crippen LogP contribution in [-0.4, -0.2) is 18.6 Å². The Bertz CT molecular complexity index is 406. The number of nitrogens with one attached hydrogen (secondary N) is 1. The number of hydrogen-bond acceptors (Lipinski definition) is 3.